The molecule has 0 fully saturated rings. The molecule has 2 aromatic rings. The minimum absolute atomic E-state index is 0.191. The molecule has 2 rings (SSSR count). The molecule has 106 valence electrons. The number of halogens is 1. The highest BCUT2D eigenvalue weighted by molar-refractivity contribution is 6.30. The van der Waals surface area contributed by atoms with Crippen LogP contribution >= 0.6 is 11.6 Å². The lowest BCUT2D eigenvalue weighted by molar-refractivity contribution is 0.0644. The van der Waals surface area contributed by atoms with Crippen LogP contribution in [0.15, 0.2) is 47.3 Å². The molecule has 20 heavy (non-hydrogen) atoms. The summed E-state index contributed by atoms with van der Waals surface area (Å²) in [7, 11) is 1.61. The Balaban J connectivity index is 2.07. The van der Waals surface area contributed by atoms with E-state index in [2.05, 4.69) is 5.32 Å². The molecule has 1 heterocycles. The Bertz CT molecular complexity index is 551. The zero-order valence-electron chi connectivity index (χ0n) is 11.3. The first-order valence-corrected chi connectivity index (χ1v) is 6.61. The summed E-state index contributed by atoms with van der Waals surface area (Å²) < 4.78 is 10.4. The summed E-state index contributed by atoms with van der Waals surface area (Å²) in [4.78, 5) is 12.0. The van der Waals surface area contributed by atoms with E-state index >= 15 is 0 Å². The highest BCUT2D eigenvalue weighted by Gasteiger charge is 2.21. The molecule has 1 aromatic heterocycles. The van der Waals surface area contributed by atoms with E-state index in [-0.39, 0.29) is 18.1 Å². The Morgan fingerprint density at radius 1 is 1.30 bits per heavy atom. The summed E-state index contributed by atoms with van der Waals surface area (Å²) in [5, 5.41) is 3.55. The van der Waals surface area contributed by atoms with Gasteiger partial charge in [0.1, 0.15) is 12.4 Å². The summed E-state index contributed by atoms with van der Waals surface area (Å²) >= 11 is 5.87. The number of furan rings is 1. The molecule has 0 bridgehead atoms. The molecule has 0 unspecified atom stereocenters. The van der Waals surface area contributed by atoms with Gasteiger partial charge in [-0.2, -0.15) is 0 Å². The fourth-order valence-electron chi connectivity index (χ4n) is 2.04. The number of nitrogens with one attached hydrogen (secondary N) is 1. The topological polar surface area (TPSA) is 51.5 Å². The molecule has 4 nitrogen and oxygen atoms in total. The third-order valence-corrected chi connectivity index (χ3v) is 3.30. The number of hydrogen-bond donors (Lipinski definition) is 1. The van der Waals surface area contributed by atoms with E-state index in [9.17, 15) is 4.79 Å². The predicted molar refractivity (Wildman–Crippen MR) is 76.8 cm³/mol. The van der Waals surface area contributed by atoms with Gasteiger partial charge in [0.2, 0.25) is 0 Å². The van der Waals surface area contributed by atoms with Crippen molar-refractivity contribution in [1.82, 2.24) is 5.32 Å². The number of hydrogen-bond acceptors (Lipinski definition) is 3. The van der Waals surface area contributed by atoms with Gasteiger partial charge in [0.05, 0.1) is 17.9 Å². The summed E-state index contributed by atoms with van der Waals surface area (Å²) in [5.41, 5.74) is 1.44. The smallest absolute Gasteiger partial charge is 0.254 e. The monoisotopic (exact) mass is 293 g/mol. The van der Waals surface area contributed by atoms with Crippen LogP contribution in [0.1, 0.15) is 28.9 Å². The number of rotatable bonds is 5. The van der Waals surface area contributed by atoms with Crippen molar-refractivity contribution < 1.29 is 13.9 Å². The van der Waals surface area contributed by atoms with Gasteiger partial charge >= 0.3 is 0 Å². The fraction of sp³-hybridized carbons (Fsp3) is 0.267. The van der Waals surface area contributed by atoms with Crippen LogP contribution in [0.5, 0.6) is 0 Å². The van der Waals surface area contributed by atoms with Gasteiger partial charge in [0.25, 0.3) is 5.91 Å². The van der Waals surface area contributed by atoms with E-state index in [4.69, 9.17) is 20.8 Å². The molecular weight excluding hydrogens is 278 g/mol. The lowest BCUT2D eigenvalue weighted by atomic mass is 10.0. The average molecular weight is 294 g/mol. The minimum Gasteiger partial charge on any atom is -0.472 e. The Morgan fingerprint density at radius 3 is 2.55 bits per heavy atom. The molecule has 0 aliphatic heterocycles. The SMILES string of the molecule is CO[C@@H](c1ccc(Cl)cc1)[C@H](C)NC(=O)c1ccoc1. The maximum atomic E-state index is 12.0. The van der Waals surface area contributed by atoms with Crippen molar-refractivity contribution in [2.75, 3.05) is 7.11 Å². The van der Waals surface area contributed by atoms with Crippen LogP contribution < -0.4 is 5.32 Å². The Morgan fingerprint density at radius 2 is 2.00 bits per heavy atom. The third-order valence-electron chi connectivity index (χ3n) is 3.05. The number of ether oxygens (including phenoxy) is 1. The molecule has 0 aliphatic carbocycles. The van der Waals surface area contributed by atoms with Crippen LogP contribution in [0, 0.1) is 0 Å². The van der Waals surface area contributed by atoms with Gasteiger partial charge in [0.15, 0.2) is 0 Å². The van der Waals surface area contributed by atoms with Crippen molar-refractivity contribution in [3.8, 4) is 0 Å². The van der Waals surface area contributed by atoms with Crippen LogP contribution in [0.3, 0.4) is 0 Å². The average Bonchev–Trinajstić information content (AvgIpc) is 2.96. The number of carbonyl (C=O) groups excluding carboxylic acids is 1. The predicted octanol–water partition coefficient (Wildman–Crippen LogP) is 3.44. The molecule has 0 saturated carbocycles. The second kappa shape index (κ2) is 6.59. The van der Waals surface area contributed by atoms with E-state index in [0.29, 0.717) is 10.6 Å². The number of benzene rings is 1. The maximum absolute atomic E-state index is 12.0. The third kappa shape index (κ3) is 3.40. The maximum Gasteiger partial charge on any atom is 0.254 e. The number of methoxy groups -OCH3 is 1. The fourth-order valence-corrected chi connectivity index (χ4v) is 2.17. The van der Waals surface area contributed by atoms with Crippen molar-refractivity contribution in [1.29, 1.82) is 0 Å². The van der Waals surface area contributed by atoms with Gasteiger partial charge in [-0.1, -0.05) is 23.7 Å². The van der Waals surface area contributed by atoms with Crippen molar-refractivity contribution in [3.63, 3.8) is 0 Å². The Labute approximate surface area is 122 Å². The van der Waals surface area contributed by atoms with Crippen LogP contribution in [0.25, 0.3) is 0 Å². The first-order chi connectivity index (χ1) is 9.61. The molecule has 1 aromatic carbocycles. The largest absolute Gasteiger partial charge is 0.472 e. The zero-order chi connectivity index (χ0) is 14.5. The molecule has 1 N–H and O–H groups in total. The molecule has 2 atom stereocenters. The van der Waals surface area contributed by atoms with E-state index in [1.165, 1.54) is 12.5 Å². The number of amides is 1. The highest BCUT2D eigenvalue weighted by atomic mass is 35.5. The van der Waals surface area contributed by atoms with Gasteiger partial charge in [-0.25, -0.2) is 0 Å². The van der Waals surface area contributed by atoms with E-state index < -0.39 is 0 Å². The highest BCUT2D eigenvalue weighted by Crippen LogP contribution is 2.22. The van der Waals surface area contributed by atoms with E-state index in [1.54, 1.807) is 25.3 Å². The number of carbonyl (C=O) groups is 1. The minimum atomic E-state index is -0.247. The Kier molecular flexibility index (Phi) is 4.82. The van der Waals surface area contributed by atoms with Crippen LogP contribution in [-0.4, -0.2) is 19.1 Å². The van der Waals surface area contributed by atoms with Gasteiger partial charge in [-0.05, 0) is 30.7 Å². The quantitative estimate of drug-likeness (QED) is 0.919. The first-order valence-electron chi connectivity index (χ1n) is 6.23. The summed E-state index contributed by atoms with van der Waals surface area (Å²) in [6.45, 7) is 1.89. The standard InChI is InChI=1S/C15H16ClNO3/c1-10(17-15(18)12-7-8-20-9-12)14(19-2)11-3-5-13(16)6-4-11/h3-10,14H,1-2H3,(H,17,18)/t10-,14+/m0/s1. The van der Waals surface area contributed by atoms with Gasteiger partial charge in [-0.3, -0.25) is 4.79 Å². The van der Waals surface area contributed by atoms with Crippen molar-refractivity contribution in [2.24, 2.45) is 0 Å². The van der Waals surface area contributed by atoms with Gasteiger partial charge in [0, 0.05) is 12.1 Å². The van der Waals surface area contributed by atoms with Crippen LogP contribution in [0.2, 0.25) is 5.02 Å². The summed E-state index contributed by atoms with van der Waals surface area (Å²) in [6.07, 6.45) is 2.63. The molecular formula is C15H16ClNO3. The van der Waals surface area contributed by atoms with Crippen molar-refractivity contribution in [2.45, 2.75) is 19.1 Å². The lowest BCUT2D eigenvalue weighted by Crippen LogP contribution is -2.37. The molecule has 0 aliphatic rings. The first kappa shape index (κ1) is 14.6. The second-order valence-electron chi connectivity index (χ2n) is 4.48. The second-order valence-corrected chi connectivity index (χ2v) is 4.92. The summed E-state index contributed by atoms with van der Waals surface area (Å²) in [6, 6.07) is 8.80. The lowest BCUT2D eigenvalue weighted by Gasteiger charge is -2.24. The normalized spacial score (nSPS) is 13.8. The molecule has 0 spiro atoms. The molecule has 0 saturated heterocycles. The van der Waals surface area contributed by atoms with E-state index in [1.807, 2.05) is 19.1 Å². The molecule has 5 heteroatoms. The molecule has 0 radical (unpaired) electrons. The molecule has 1 amide bonds. The van der Waals surface area contributed by atoms with Gasteiger partial charge in [-0.15, -0.1) is 0 Å². The van der Waals surface area contributed by atoms with Gasteiger partial charge < -0.3 is 14.5 Å². The Hall–Kier alpha value is -1.78. The van der Waals surface area contributed by atoms with Crippen LogP contribution in [0.4, 0.5) is 0 Å². The zero-order valence-corrected chi connectivity index (χ0v) is 12.1. The van der Waals surface area contributed by atoms with Crippen molar-refractivity contribution in [3.05, 3.63) is 59.0 Å². The van der Waals surface area contributed by atoms with Crippen LogP contribution in [-0.2, 0) is 4.74 Å². The summed E-state index contributed by atoms with van der Waals surface area (Å²) in [5.74, 6) is -0.192. The van der Waals surface area contributed by atoms with Crippen molar-refractivity contribution >= 4 is 17.5 Å². The van der Waals surface area contributed by atoms with E-state index in [0.717, 1.165) is 5.56 Å².